The highest BCUT2D eigenvalue weighted by Gasteiger charge is 2.40. The van der Waals surface area contributed by atoms with Gasteiger partial charge in [0.2, 0.25) is 0 Å². The Bertz CT molecular complexity index is 356. The van der Waals surface area contributed by atoms with Crippen LogP contribution in [0.3, 0.4) is 0 Å². The Morgan fingerprint density at radius 2 is 1.94 bits per heavy atom. The van der Waals surface area contributed by atoms with Gasteiger partial charge in [-0.1, -0.05) is 27.7 Å². The normalized spacial score (nSPS) is 25.4. The number of hydrogen-bond acceptors (Lipinski definition) is 3. The molecule has 0 bridgehead atoms. The molecule has 102 valence electrons. The summed E-state index contributed by atoms with van der Waals surface area (Å²) < 4.78 is 0. The van der Waals surface area contributed by atoms with E-state index in [0.717, 1.165) is 25.0 Å². The number of nitrogens with zero attached hydrogens (tertiary/aromatic N) is 1. The zero-order valence-electron chi connectivity index (χ0n) is 12.1. The van der Waals surface area contributed by atoms with Crippen molar-refractivity contribution in [2.45, 2.75) is 59.8 Å². The van der Waals surface area contributed by atoms with Crippen molar-refractivity contribution in [3.8, 4) is 0 Å². The number of carbonyl (C=O) groups is 2. The van der Waals surface area contributed by atoms with Gasteiger partial charge in [-0.25, -0.2) is 0 Å². The first-order valence-corrected chi connectivity index (χ1v) is 7.00. The zero-order chi connectivity index (χ0) is 13.8. The van der Waals surface area contributed by atoms with E-state index >= 15 is 0 Å². The van der Waals surface area contributed by atoms with Crippen molar-refractivity contribution >= 4 is 17.3 Å². The predicted molar refractivity (Wildman–Crippen MR) is 74.0 cm³/mol. The predicted octanol–water partition coefficient (Wildman–Crippen LogP) is 3.21. The molecular formula is C15H25NO2. The first-order chi connectivity index (χ1) is 8.41. The summed E-state index contributed by atoms with van der Waals surface area (Å²) in [5, 5.41) is 0. The fourth-order valence-corrected chi connectivity index (χ4v) is 2.57. The van der Waals surface area contributed by atoms with E-state index < -0.39 is 5.92 Å². The van der Waals surface area contributed by atoms with Crippen LogP contribution < -0.4 is 0 Å². The standard InChI is InChI=1S/C15H25NO2/c1-5-7-12(17)14-11(16-8-6-2)9-15(3,4)10-13(14)18/h14H,5-10H2,1-4H3/t14-/m1/s1. The van der Waals surface area contributed by atoms with Crippen LogP contribution >= 0.6 is 0 Å². The third-order valence-electron chi connectivity index (χ3n) is 3.32. The summed E-state index contributed by atoms with van der Waals surface area (Å²) in [5.41, 5.74) is 0.781. The highest BCUT2D eigenvalue weighted by Crippen LogP contribution is 2.35. The first kappa shape index (κ1) is 15.1. The topological polar surface area (TPSA) is 46.5 Å². The van der Waals surface area contributed by atoms with Crippen molar-refractivity contribution in [1.82, 2.24) is 0 Å². The molecule has 1 aliphatic rings. The highest BCUT2D eigenvalue weighted by atomic mass is 16.2. The third kappa shape index (κ3) is 3.76. The lowest BCUT2D eigenvalue weighted by molar-refractivity contribution is -0.132. The summed E-state index contributed by atoms with van der Waals surface area (Å²) in [6.45, 7) is 8.90. The number of ketones is 2. The van der Waals surface area contributed by atoms with Gasteiger partial charge in [-0.05, 0) is 24.7 Å². The molecule has 0 spiro atoms. The molecule has 1 aliphatic carbocycles. The minimum absolute atomic E-state index is 0.0490. The molecule has 1 fully saturated rings. The molecule has 18 heavy (non-hydrogen) atoms. The molecule has 0 N–H and O–H groups in total. The summed E-state index contributed by atoms with van der Waals surface area (Å²) in [6.07, 6.45) is 3.51. The zero-order valence-corrected chi connectivity index (χ0v) is 12.1. The van der Waals surface area contributed by atoms with Gasteiger partial charge in [-0.15, -0.1) is 0 Å². The average Bonchev–Trinajstić information content (AvgIpc) is 2.24. The van der Waals surface area contributed by atoms with E-state index in [9.17, 15) is 9.59 Å². The minimum atomic E-state index is -0.537. The average molecular weight is 251 g/mol. The Kier molecular flexibility index (Phi) is 5.24. The van der Waals surface area contributed by atoms with E-state index in [1.165, 1.54) is 0 Å². The molecule has 0 aromatic heterocycles. The maximum atomic E-state index is 12.2. The van der Waals surface area contributed by atoms with Crippen LogP contribution in [0.4, 0.5) is 0 Å². The molecule has 3 heteroatoms. The van der Waals surface area contributed by atoms with Gasteiger partial charge in [-0.2, -0.15) is 0 Å². The lowest BCUT2D eigenvalue weighted by atomic mass is 9.69. The van der Waals surface area contributed by atoms with E-state index in [1.807, 2.05) is 6.92 Å². The van der Waals surface area contributed by atoms with Gasteiger partial charge in [0.05, 0.1) is 0 Å². The Morgan fingerprint density at radius 1 is 1.28 bits per heavy atom. The summed E-state index contributed by atoms with van der Waals surface area (Å²) in [7, 11) is 0. The van der Waals surface area contributed by atoms with E-state index in [-0.39, 0.29) is 17.0 Å². The molecule has 0 unspecified atom stereocenters. The molecule has 0 amide bonds. The molecule has 0 radical (unpaired) electrons. The second kappa shape index (κ2) is 6.26. The second-order valence-electron chi connectivity index (χ2n) is 6.01. The molecule has 0 aliphatic heterocycles. The number of aliphatic imine (C=N–C) groups is 1. The maximum absolute atomic E-state index is 12.2. The summed E-state index contributed by atoms with van der Waals surface area (Å²) in [5.74, 6) is -0.406. The summed E-state index contributed by atoms with van der Waals surface area (Å²) in [4.78, 5) is 28.8. The van der Waals surface area contributed by atoms with Gasteiger partial charge >= 0.3 is 0 Å². The van der Waals surface area contributed by atoms with Gasteiger partial charge in [0.25, 0.3) is 0 Å². The smallest absolute Gasteiger partial charge is 0.149 e. The van der Waals surface area contributed by atoms with Crippen LogP contribution in [0.5, 0.6) is 0 Å². The Labute approximate surface area is 110 Å². The van der Waals surface area contributed by atoms with E-state index in [1.54, 1.807) is 0 Å². The van der Waals surface area contributed by atoms with Crippen LogP contribution in [0.1, 0.15) is 59.8 Å². The molecule has 3 nitrogen and oxygen atoms in total. The lowest BCUT2D eigenvalue weighted by Gasteiger charge is -2.34. The molecule has 0 saturated heterocycles. The quantitative estimate of drug-likeness (QED) is 0.704. The molecule has 1 saturated carbocycles. The Morgan fingerprint density at radius 3 is 2.50 bits per heavy atom. The van der Waals surface area contributed by atoms with Crippen LogP contribution in [-0.2, 0) is 9.59 Å². The van der Waals surface area contributed by atoms with Crippen LogP contribution in [0.15, 0.2) is 4.99 Å². The first-order valence-electron chi connectivity index (χ1n) is 7.00. The second-order valence-corrected chi connectivity index (χ2v) is 6.01. The minimum Gasteiger partial charge on any atom is -0.298 e. The van der Waals surface area contributed by atoms with Crippen LogP contribution in [-0.4, -0.2) is 23.8 Å². The molecular weight excluding hydrogens is 226 g/mol. The number of carbonyl (C=O) groups excluding carboxylic acids is 2. The van der Waals surface area contributed by atoms with Crippen molar-refractivity contribution in [3.05, 3.63) is 0 Å². The molecule has 1 rings (SSSR count). The van der Waals surface area contributed by atoms with Gasteiger partial charge in [0.15, 0.2) is 0 Å². The van der Waals surface area contributed by atoms with E-state index in [2.05, 4.69) is 25.8 Å². The van der Waals surface area contributed by atoms with E-state index in [4.69, 9.17) is 0 Å². The monoisotopic (exact) mass is 251 g/mol. The van der Waals surface area contributed by atoms with Crippen LogP contribution in [0, 0.1) is 11.3 Å². The van der Waals surface area contributed by atoms with Gasteiger partial charge in [0, 0.05) is 25.1 Å². The SMILES string of the molecule is CCCN=C1CC(C)(C)CC(=O)[C@H]1C(=O)CCC. The highest BCUT2D eigenvalue weighted by molar-refractivity contribution is 6.22. The lowest BCUT2D eigenvalue weighted by Crippen LogP contribution is -2.42. The van der Waals surface area contributed by atoms with Crippen molar-refractivity contribution in [2.24, 2.45) is 16.3 Å². The molecule has 0 aromatic rings. The van der Waals surface area contributed by atoms with Crippen molar-refractivity contribution in [2.75, 3.05) is 6.54 Å². The molecule has 1 atom stereocenters. The van der Waals surface area contributed by atoms with Crippen LogP contribution in [0.25, 0.3) is 0 Å². The van der Waals surface area contributed by atoms with Gasteiger partial charge in [-0.3, -0.25) is 14.6 Å². The number of rotatable bonds is 5. The largest absolute Gasteiger partial charge is 0.298 e. The molecule has 0 aromatic carbocycles. The van der Waals surface area contributed by atoms with Crippen molar-refractivity contribution in [3.63, 3.8) is 0 Å². The van der Waals surface area contributed by atoms with E-state index in [0.29, 0.717) is 19.4 Å². The Hall–Kier alpha value is -0.990. The fourth-order valence-electron chi connectivity index (χ4n) is 2.57. The molecule has 0 heterocycles. The van der Waals surface area contributed by atoms with Crippen molar-refractivity contribution < 1.29 is 9.59 Å². The van der Waals surface area contributed by atoms with Gasteiger partial charge in [0.1, 0.15) is 17.5 Å². The van der Waals surface area contributed by atoms with Crippen molar-refractivity contribution in [1.29, 1.82) is 0 Å². The number of Topliss-reactive ketones (excluding diaryl/α,β-unsaturated/α-hetero) is 2. The maximum Gasteiger partial charge on any atom is 0.149 e. The summed E-state index contributed by atoms with van der Waals surface area (Å²) >= 11 is 0. The van der Waals surface area contributed by atoms with Gasteiger partial charge < -0.3 is 0 Å². The number of hydrogen-bond donors (Lipinski definition) is 0. The fraction of sp³-hybridized carbons (Fsp3) is 0.800. The van der Waals surface area contributed by atoms with Crippen LogP contribution in [0.2, 0.25) is 0 Å². The third-order valence-corrected chi connectivity index (χ3v) is 3.32. The Balaban J connectivity index is 2.96. The summed E-state index contributed by atoms with van der Waals surface area (Å²) in [6, 6.07) is 0.